The van der Waals surface area contributed by atoms with Gasteiger partial charge in [0.2, 0.25) is 5.95 Å². The van der Waals surface area contributed by atoms with Gasteiger partial charge >= 0.3 is 0 Å². The zero-order chi connectivity index (χ0) is 21.0. The number of nitrogens with one attached hydrogen (secondary N) is 1. The smallest absolute Gasteiger partial charge is 0.241 e. The number of fused-ring (bicyclic) bond motifs is 1. The Labute approximate surface area is 173 Å². The minimum Gasteiger partial charge on any atom is -0.353 e. The highest BCUT2D eigenvalue weighted by Gasteiger charge is 2.14. The summed E-state index contributed by atoms with van der Waals surface area (Å²) in [6, 6.07) is 6.10. The monoisotopic (exact) mass is 392 g/mol. The SMILES string of the molecule is CCCC(CC)CNc1nc(C)c2c(-c3ccc(N=C(C)C)c(C)n3)ccn2n1. The molecule has 0 saturated carbocycles. The van der Waals surface area contributed by atoms with Crippen LogP contribution in [0.3, 0.4) is 0 Å². The number of hydrogen-bond acceptors (Lipinski definition) is 5. The van der Waals surface area contributed by atoms with E-state index in [0.29, 0.717) is 11.9 Å². The van der Waals surface area contributed by atoms with Crippen LogP contribution in [0.25, 0.3) is 16.8 Å². The molecule has 0 amide bonds. The molecule has 0 spiro atoms. The predicted molar refractivity (Wildman–Crippen MR) is 121 cm³/mol. The molecule has 0 aliphatic rings. The third-order valence-corrected chi connectivity index (χ3v) is 5.19. The average Bonchev–Trinajstić information content (AvgIpc) is 3.11. The fourth-order valence-corrected chi connectivity index (χ4v) is 3.64. The van der Waals surface area contributed by atoms with Crippen LogP contribution < -0.4 is 5.32 Å². The zero-order valence-electron chi connectivity index (χ0n) is 18.5. The first-order valence-electron chi connectivity index (χ1n) is 10.5. The molecule has 0 radical (unpaired) electrons. The highest BCUT2D eigenvalue weighted by Crippen LogP contribution is 2.29. The summed E-state index contributed by atoms with van der Waals surface area (Å²) in [6.45, 7) is 13.4. The van der Waals surface area contributed by atoms with Gasteiger partial charge in [0.25, 0.3) is 0 Å². The van der Waals surface area contributed by atoms with Crippen molar-refractivity contribution in [3.05, 3.63) is 35.8 Å². The Morgan fingerprint density at radius 1 is 1.10 bits per heavy atom. The molecule has 0 bridgehead atoms. The molecule has 29 heavy (non-hydrogen) atoms. The molecule has 0 saturated heterocycles. The van der Waals surface area contributed by atoms with Gasteiger partial charge in [0.1, 0.15) is 0 Å². The van der Waals surface area contributed by atoms with Gasteiger partial charge in [0.15, 0.2) is 0 Å². The highest BCUT2D eigenvalue weighted by molar-refractivity contribution is 5.83. The van der Waals surface area contributed by atoms with E-state index in [1.165, 1.54) is 19.3 Å². The Hall–Kier alpha value is -2.76. The van der Waals surface area contributed by atoms with Crippen molar-refractivity contribution in [2.24, 2.45) is 10.9 Å². The lowest BCUT2D eigenvalue weighted by Gasteiger charge is -2.15. The molecule has 0 fully saturated rings. The average molecular weight is 393 g/mol. The van der Waals surface area contributed by atoms with Crippen molar-refractivity contribution in [2.45, 2.75) is 60.8 Å². The van der Waals surface area contributed by atoms with Crippen molar-refractivity contribution >= 4 is 22.9 Å². The number of pyridine rings is 1. The van der Waals surface area contributed by atoms with Crippen LogP contribution in [0.15, 0.2) is 29.4 Å². The van der Waals surface area contributed by atoms with Crippen molar-refractivity contribution in [2.75, 3.05) is 11.9 Å². The van der Waals surface area contributed by atoms with Gasteiger partial charge in [0.05, 0.1) is 28.3 Å². The molecular weight excluding hydrogens is 360 g/mol. The third-order valence-electron chi connectivity index (χ3n) is 5.19. The molecule has 6 heteroatoms. The number of anilines is 1. The fourth-order valence-electron chi connectivity index (χ4n) is 3.64. The quantitative estimate of drug-likeness (QED) is 0.495. The van der Waals surface area contributed by atoms with E-state index in [4.69, 9.17) is 9.97 Å². The van der Waals surface area contributed by atoms with E-state index in [1.807, 2.05) is 50.5 Å². The van der Waals surface area contributed by atoms with E-state index in [1.54, 1.807) is 0 Å². The molecule has 0 aromatic carbocycles. The molecule has 6 nitrogen and oxygen atoms in total. The normalized spacial score (nSPS) is 12.2. The summed E-state index contributed by atoms with van der Waals surface area (Å²) in [7, 11) is 0. The first kappa shape index (κ1) is 21.0. The maximum absolute atomic E-state index is 4.78. The van der Waals surface area contributed by atoms with Crippen LogP contribution in [0.1, 0.15) is 58.3 Å². The van der Waals surface area contributed by atoms with Gasteiger partial charge in [-0.3, -0.25) is 9.98 Å². The van der Waals surface area contributed by atoms with Gasteiger partial charge in [-0.25, -0.2) is 9.50 Å². The number of rotatable bonds is 8. The predicted octanol–water partition coefficient (Wildman–Crippen LogP) is 5.76. The number of hydrogen-bond donors (Lipinski definition) is 1. The molecule has 1 N–H and O–H groups in total. The van der Waals surface area contributed by atoms with Gasteiger partial charge in [-0.2, -0.15) is 0 Å². The van der Waals surface area contributed by atoms with Crippen molar-refractivity contribution in [3.8, 4) is 11.3 Å². The molecule has 1 unspecified atom stereocenters. The summed E-state index contributed by atoms with van der Waals surface area (Å²) >= 11 is 0. The van der Waals surface area contributed by atoms with Gasteiger partial charge in [0, 0.05) is 24.0 Å². The van der Waals surface area contributed by atoms with Crippen LogP contribution in [0.2, 0.25) is 0 Å². The standard InChI is InChI=1S/C23H32N6/c1-7-9-18(8-2)14-24-23-27-17(6)22-19(12-13-29(22)28-23)21-11-10-20(16(5)26-21)25-15(3)4/h10-13,18H,7-9,14H2,1-6H3,(H,24,28). The second-order valence-corrected chi connectivity index (χ2v) is 7.85. The minimum absolute atomic E-state index is 0.653. The van der Waals surface area contributed by atoms with E-state index in [0.717, 1.165) is 46.1 Å². The van der Waals surface area contributed by atoms with Gasteiger partial charge < -0.3 is 5.32 Å². The molecule has 3 heterocycles. The molecule has 154 valence electrons. The summed E-state index contributed by atoms with van der Waals surface area (Å²) in [5.41, 5.74) is 6.74. The second-order valence-electron chi connectivity index (χ2n) is 7.85. The van der Waals surface area contributed by atoms with Crippen LogP contribution in [0, 0.1) is 19.8 Å². The van der Waals surface area contributed by atoms with Crippen molar-refractivity contribution in [1.82, 2.24) is 19.6 Å². The first-order valence-corrected chi connectivity index (χ1v) is 10.5. The van der Waals surface area contributed by atoms with E-state index >= 15 is 0 Å². The van der Waals surface area contributed by atoms with Gasteiger partial charge in [-0.1, -0.05) is 26.7 Å². The van der Waals surface area contributed by atoms with E-state index in [9.17, 15) is 0 Å². The number of aromatic nitrogens is 4. The maximum atomic E-state index is 4.78. The van der Waals surface area contributed by atoms with Crippen molar-refractivity contribution < 1.29 is 0 Å². The Kier molecular flexibility index (Phi) is 6.62. The van der Waals surface area contributed by atoms with Crippen LogP contribution >= 0.6 is 0 Å². The number of nitrogens with zero attached hydrogens (tertiary/aromatic N) is 5. The maximum Gasteiger partial charge on any atom is 0.241 e. The van der Waals surface area contributed by atoms with Crippen molar-refractivity contribution in [1.29, 1.82) is 0 Å². The van der Waals surface area contributed by atoms with E-state index < -0.39 is 0 Å². The van der Waals surface area contributed by atoms with E-state index in [2.05, 4.69) is 35.3 Å². The zero-order valence-corrected chi connectivity index (χ0v) is 18.5. The first-order chi connectivity index (χ1) is 13.9. The second kappa shape index (κ2) is 9.16. The summed E-state index contributed by atoms with van der Waals surface area (Å²) in [6.07, 6.45) is 5.57. The summed E-state index contributed by atoms with van der Waals surface area (Å²) in [4.78, 5) is 14.0. The third kappa shape index (κ3) is 4.81. The Morgan fingerprint density at radius 3 is 2.55 bits per heavy atom. The summed E-state index contributed by atoms with van der Waals surface area (Å²) in [5.74, 6) is 1.33. The highest BCUT2D eigenvalue weighted by atomic mass is 15.3. The molecule has 0 aliphatic carbocycles. The van der Waals surface area contributed by atoms with Crippen LogP contribution in [-0.2, 0) is 0 Å². The molecular formula is C23H32N6. The van der Waals surface area contributed by atoms with Crippen LogP contribution in [0.4, 0.5) is 11.6 Å². The minimum atomic E-state index is 0.653. The molecule has 0 aliphatic heterocycles. The van der Waals surface area contributed by atoms with Gasteiger partial charge in [-0.15, -0.1) is 5.10 Å². The molecule has 1 atom stereocenters. The molecule has 3 aromatic rings. The Bertz CT molecular complexity index is 1010. The Morgan fingerprint density at radius 2 is 1.90 bits per heavy atom. The molecule has 3 aromatic heterocycles. The number of aryl methyl sites for hydroxylation is 2. The van der Waals surface area contributed by atoms with E-state index in [-0.39, 0.29) is 0 Å². The Balaban J connectivity index is 1.90. The lowest BCUT2D eigenvalue weighted by Crippen LogP contribution is -2.16. The van der Waals surface area contributed by atoms with Crippen molar-refractivity contribution in [3.63, 3.8) is 0 Å². The van der Waals surface area contributed by atoms with Crippen LogP contribution in [-0.4, -0.2) is 31.8 Å². The lowest BCUT2D eigenvalue weighted by atomic mass is 10.0. The van der Waals surface area contributed by atoms with Gasteiger partial charge in [-0.05, 0) is 58.2 Å². The fraction of sp³-hybridized carbons (Fsp3) is 0.478. The lowest BCUT2D eigenvalue weighted by molar-refractivity contribution is 0.486. The summed E-state index contributed by atoms with van der Waals surface area (Å²) < 4.78 is 1.90. The van der Waals surface area contributed by atoms with Crippen LogP contribution in [0.5, 0.6) is 0 Å². The number of aliphatic imine (C=N–C) groups is 1. The topological polar surface area (TPSA) is 67.5 Å². The molecule has 3 rings (SSSR count). The largest absolute Gasteiger partial charge is 0.353 e. The summed E-state index contributed by atoms with van der Waals surface area (Å²) in [5, 5.41) is 8.10.